The van der Waals surface area contributed by atoms with Crippen LogP contribution in [0.4, 0.5) is 18.0 Å². The van der Waals surface area contributed by atoms with Gasteiger partial charge in [-0.05, 0) is 12.8 Å². The normalized spacial score (nSPS) is 23.8. The first-order chi connectivity index (χ1) is 15.6. The van der Waals surface area contributed by atoms with Crippen molar-refractivity contribution in [2.24, 2.45) is 0 Å². The standard InChI is InChI=1S/C21H26F3N3O6/c1-3-9-31-15-10-17(27-11-14(21(22,23)24)18(28)25-19(27)29)33-16(15)12-32-20(30)26(2)13-7-5-4-6-8-13/h1,11,13,15-17H,4-10,12H2,2H3,(H,25,28,29)/t15-,16+,17+/m0/s1. The highest BCUT2D eigenvalue weighted by Gasteiger charge is 2.41. The summed E-state index contributed by atoms with van der Waals surface area (Å²) in [6.07, 6.45) is 2.26. The van der Waals surface area contributed by atoms with Gasteiger partial charge in [0.1, 0.15) is 31.1 Å². The lowest BCUT2D eigenvalue weighted by atomic mass is 9.95. The number of nitrogens with zero attached hydrogens (tertiary/aromatic N) is 2. The minimum Gasteiger partial charge on any atom is -0.447 e. The van der Waals surface area contributed by atoms with Crippen LogP contribution in [0.5, 0.6) is 0 Å². The average Bonchev–Trinajstić information content (AvgIpc) is 3.17. The number of hydrogen-bond acceptors (Lipinski definition) is 6. The molecule has 1 N–H and O–H groups in total. The summed E-state index contributed by atoms with van der Waals surface area (Å²) >= 11 is 0. The monoisotopic (exact) mass is 473 g/mol. The molecule has 2 aliphatic rings. The molecule has 1 amide bonds. The summed E-state index contributed by atoms with van der Waals surface area (Å²) in [6.45, 7) is -0.354. The summed E-state index contributed by atoms with van der Waals surface area (Å²) in [5.74, 6) is 2.29. The van der Waals surface area contributed by atoms with Crippen molar-refractivity contribution in [3.05, 3.63) is 32.6 Å². The summed E-state index contributed by atoms with van der Waals surface area (Å²) < 4.78 is 56.6. The number of aromatic amines is 1. The highest BCUT2D eigenvalue weighted by molar-refractivity contribution is 5.67. The predicted octanol–water partition coefficient (Wildman–Crippen LogP) is 2.26. The van der Waals surface area contributed by atoms with Gasteiger partial charge in [-0.1, -0.05) is 25.2 Å². The van der Waals surface area contributed by atoms with Crippen LogP contribution < -0.4 is 11.2 Å². The van der Waals surface area contributed by atoms with Gasteiger partial charge in [-0.2, -0.15) is 13.2 Å². The fourth-order valence-corrected chi connectivity index (χ4v) is 4.13. The van der Waals surface area contributed by atoms with Crippen molar-refractivity contribution in [2.45, 2.75) is 69.2 Å². The average molecular weight is 473 g/mol. The van der Waals surface area contributed by atoms with Crippen LogP contribution in [0.15, 0.2) is 15.8 Å². The minimum atomic E-state index is -4.96. The second kappa shape index (κ2) is 10.4. The Balaban J connectivity index is 1.72. The van der Waals surface area contributed by atoms with Gasteiger partial charge in [0.05, 0.1) is 6.10 Å². The third-order valence-electron chi connectivity index (χ3n) is 5.93. The Labute approximate surface area is 187 Å². The van der Waals surface area contributed by atoms with E-state index >= 15 is 0 Å². The van der Waals surface area contributed by atoms with Gasteiger partial charge in [-0.15, -0.1) is 6.42 Å². The molecule has 2 fully saturated rings. The number of halogens is 3. The molecule has 1 saturated carbocycles. The van der Waals surface area contributed by atoms with Crippen LogP contribution in [0.25, 0.3) is 0 Å². The third-order valence-corrected chi connectivity index (χ3v) is 5.93. The molecule has 182 valence electrons. The first kappa shape index (κ1) is 24.9. The number of H-pyrrole nitrogens is 1. The first-order valence-corrected chi connectivity index (χ1v) is 10.6. The zero-order valence-corrected chi connectivity index (χ0v) is 18.1. The summed E-state index contributed by atoms with van der Waals surface area (Å²) in [6, 6.07) is 0.0810. The molecule has 1 aliphatic heterocycles. The largest absolute Gasteiger partial charge is 0.447 e. The van der Waals surface area contributed by atoms with Crippen LogP contribution in [0.1, 0.15) is 50.3 Å². The number of amides is 1. The minimum absolute atomic E-state index is 0.0361. The van der Waals surface area contributed by atoms with E-state index in [-0.39, 0.29) is 25.7 Å². The Morgan fingerprint density at radius 1 is 1.33 bits per heavy atom. The molecule has 0 aromatic carbocycles. The Morgan fingerprint density at radius 2 is 2.03 bits per heavy atom. The zero-order chi connectivity index (χ0) is 24.2. The maximum absolute atomic E-state index is 13.1. The maximum atomic E-state index is 13.1. The Hall–Kier alpha value is -2.78. The topological polar surface area (TPSA) is 103 Å². The van der Waals surface area contributed by atoms with Gasteiger partial charge in [0.25, 0.3) is 5.56 Å². The number of carbonyl (C=O) groups excluding carboxylic acids is 1. The van der Waals surface area contributed by atoms with E-state index in [1.54, 1.807) is 12.0 Å². The van der Waals surface area contributed by atoms with Crippen molar-refractivity contribution in [2.75, 3.05) is 20.3 Å². The smallest absolute Gasteiger partial charge is 0.423 e. The second-order valence-corrected chi connectivity index (χ2v) is 8.11. The van der Waals surface area contributed by atoms with Crippen molar-refractivity contribution in [1.82, 2.24) is 14.5 Å². The summed E-state index contributed by atoms with van der Waals surface area (Å²) in [7, 11) is 1.65. The van der Waals surface area contributed by atoms with Crippen LogP contribution in [-0.2, 0) is 20.4 Å². The van der Waals surface area contributed by atoms with Gasteiger partial charge >= 0.3 is 18.0 Å². The van der Waals surface area contributed by atoms with Crippen LogP contribution in [0.2, 0.25) is 0 Å². The number of carbonyl (C=O) groups is 1. The van der Waals surface area contributed by atoms with E-state index in [0.717, 1.165) is 32.1 Å². The second-order valence-electron chi connectivity index (χ2n) is 8.11. The lowest BCUT2D eigenvalue weighted by Gasteiger charge is -2.31. The van der Waals surface area contributed by atoms with Gasteiger partial charge in [0.2, 0.25) is 0 Å². The quantitative estimate of drug-likeness (QED) is 0.636. The van der Waals surface area contributed by atoms with E-state index in [1.165, 1.54) is 4.90 Å². The Bertz CT molecular complexity index is 993. The fraction of sp³-hybridized carbons (Fsp3) is 0.667. The lowest BCUT2D eigenvalue weighted by molar-refractivity contribution is -0.139. The highest BCUT2D eigenvalue weighted by atomic mass is 19.4. The molecule has 33 heavy (non-hydrogen) atoms. The molecule has 0 spiro atoms. The molecule has 1 saturated heterocycles. The molecule has 0 unspecified atom stereocenters. The molecular formula is C21H26F3N3O6. The predicted molar refractivity (Wildman–Crippen MR) is 109 cm³/mol. The highest BCUT2D eigenvalue weighted by Crippen LogP contribution is 2.32. The van der Waals surface area contributed by atoms with E-state index in [9.17, 15) is 27.6 Å². The number of hydrogen-bond donors (Lipinski definition) is 1. The summed E-state index contributed by atoms with van der Waals surface area (Å²) in [5, 5.41) is 0. The van der Waals surface area contributed by atoms with E-state index in [2.05, 4.69) is 5.92 Å². The van der Waals surface area contributed by atoms with Gasteiger partial charge < -0.3 is 19.1 Å². The molecular weight excluding hydrogens is 447 g/mol. The number of aromatic nitrogens is 2. The maximum Gasteiger partial charge on any atom is 0.423 e. The molecule has 0 radical (unpaired) electrons. The van der Waals surface area contributed by atoms with Crippen LogP contribution >= 0.6 is 0 Å². The van der Waals surface area contributed by atoms with Gasteiger partial charge in [0.15, 0.2) is 0 Å². The number of alkyl halides is 3. The molecule has 9 nitrogen and oxygen atoms in total. The van der Waals surface area contributed by atoms with Crippen LogP contribution in [0, 0.1) is 12.3 Å². The van der Waals surface area contributed by atoms with E-state index in [4.69, 9.17) is 20.6 Å². The van der Waals surface area contributed by atoms with Crippen molar-refractivity contribution in [3.63, 3.8) is 0 Å². The molecule has 12 heteroatoms. The fourth-order valence-electron chi connectivity index (χ4n) is 4.13. The molecule has 3 atom stereocenters. The number of nitrogens with one attached hydrogen (secondary N) is 1. The Morgan fingerprint density at radius 3 is 2.67 bits per heavy atom. The van der Waals surface area contributed by atoms with Gasteiger partial charge in [-0.25, -0.2) is 9.59 Å². The molecule has 2 heterocycles. The van der Waals surface area contributed by atoms with Crippen molar-refractivity contribution in [3.8, 4) is 12.3 Å². The van der Waals surface area contributed by atoms with E-state index < -0.39 is 47.5 Å². The van der Waals surface area contributed by atoms with Crippen molar-refractivity contribution in [1.29, 1.82) is 0 Å². The van der Waals surface area contributed by atoms with E-state index in [1.807, 2.05) is 0 Å². The third kappa shape index (κ3) is 5.97. The molecule has 1 aromatic heterocycles. The first-order valence-electron chi connectivity index (χ1n) is 10.6. The van der Waals surface area contributed by atoms with Crippen LogP contribution in [-0.4, -0.2) is 59.1 Å². The molecule has 3 rings (SSSR count). The van der Waals surface area contributed by atoms with Crippen molar-refractivity contribution < 1.29 is 32.2 Å². The Kier molecular flexibility index (Phi) is 7.86. The zero-order valence-electron chi connectivity index (χ0n) is 18.1. The number of ether oxygens (including phenoxy) is 3. The number of rotatable bonds is 6. The van der Waals surface area contributed by atoms with Crippen LogP contribution in [0.3, 0.4) is 0 Å². The van der Waals surface area contributed by atoms with Gasteiger partial charge in [-0.3, -0.25) is 14.3 Å². The lowest BCUT2D eigenvalue weighted by Crippen LogP contribution is -2.40. The van der Waals surface area contributed by atoms with E-state index in [0.29, 0.717) is 10.8 Å². The summed E-state index contributed by atoms with van der Waals surface area (Å²) in [5.41, 5.74) is -4.14. The van der Waals surface area contributed by atoms with Gasteiger partial charge in [0, 0.05) is 25.7 Å². The molecule has 1 aromatic rings. The molecule has 1 aliphatic carbocycles. The SMILES string of the molecule is C#CCO[C@H]1C[C@H](n2cc(C(F)(F)F)c(=O)[nH]c2=O)O[C@@H]1COC(=O)N(C)C1CCCCC1. The van der Waals surface area contributed by atoms with Crippen molar-refractivity contribution >= 4 is 6.09 Å². The summed E-state index contributed by atoms with van der Waals surface area (Å²) in [4.78, 5) is 39.4. The molecule has 0 bridgehead atoms. The number of terminal acetylenes is 1.